The summed E-state index contributed by atoms with van der Waals surface area (Å²) in [5.41, 5.74) is 0. The van der Waals surface area contributed by atoms with Crippen molar-refractivity contribution in [3.63, 3.8) is 0 Å². The smallest absolute Gasteiger partial charge is 0.303 e. The summed E-state index contributed by atoms with van der Waals surface area (Å²) in [7, 11) is 1.53. The summed E-state index contributed by atoms with van der Waals surface area (Å²) in [6, 6.07) is 0. The topological polar surface area (TPSA) is 125 Å². The van der Waals surface area contributed by atoms with E-state index >= 15 is 0 Å². The second-order valence-electron chi connectivity index (χ2n) is 7.48. The summed E-state index contributed by atoms with van der Waals surface area (Å²) in [5, 5.41) is 0. The van der Waals surface area contributed by atoms with Gasteiger partial charge in [0.15, 0.2) is 24.8 Å². The average molecular weight is 432 g/mol. The number of rotatable bonds is 5. The summed E-state index contributed by atoms with van der Waals surface area (Å²) in [6.45, 7) is 5.31. The molecule has 11 nitrogen and oxygen atoms in total. The maximum atomic E-state index is 11.8. The van der Waals surface area contributed by atoms with Crippen molar-refractivity contribution in [1.82, 2.24) is 0 Å². The zero-order chi connectivity index (χ0) is 22.0. The first-order valence-corrected chi connectivity index (χ1v) is 9.82. The van der Waals surface area contributed by atoms with Gasteiger partial charge in [-0.1, -0.05) is 0 Å². The molecule has 3 saturated heterocycles. The van der Waals surface area contributed by atoms with Gasteiger partial charge in [0.05, 0.1) is 12.2 Å². The average Bonchev–Trinajstić information content (AvgIpc) is 2.66. The summed E-state index contributed by atoms with van der Waals surface area (Å²) in [5.74, 6) is -1.74. The Kier molecular flexibility index (Phi) is 7.30. The van der Waals surface area contributed by atoms with Crippen LogP contribution in [-0.4, -0.2) is 86.9 Å². The first kappa shape index (κ1) is 22.9. The van der Waals surface area contributed by atoms with Crippen molar-refractivity contribution < 1.29 is 52.3 Å². The highest BCUT2D eigenvalue weighted by Gasteiger charge is 2.57. The Hall–Kier alpha value is -1.79. The molecule has 3 aliphatic heterocycles. The molecule has 3 fully saturated rings. The van der Waals surface area contributed by atoms with Crippen LogP contribution in [0.4, 0.5) is 0 Å². The van der Waals surface area contributed by atoms with E-state index in [0.717, 1.165) is 0 Å². The Morgan fingerprint density at radius 3 is 2.13 bits per heavy atom. The molecule has 0 amide bonds. The van der Waals surface area contributed by atoms with Gasteiger partial charge < -0.3 is 37.9 Å². The van der Waals surface area contributed by atoms with Gasteiger partial charge in [-0.15, -0.1) is 0 Å². The maximum absolute atomic E-state index is 11.8. The van der Waals surface area contributed by atoms with E-state index < -0.39 is 67.1 Å². The minimum Gasteiger partial charge on any atom is -0.463 e. The van der Waals surface area contributed by atoms with Crippen LogP contribution in [0.15, 0.2) is 0 Å². The van der Waals surface area contributed by atoms with E-state index in [0.29, 0.717) is 6.42 Å². The monoisotopic (exact) mass is 432 g/mol. The van der Waals surface area contributed by atoms with Gasteiger partial charge in [0, 0.05) is 34.3 Å². The van der Waals surface area contributed by atoms with Crippen LogP contribution < -0.4 is 0 Å². The fraction of sp³-hybridized carbons (Fsp3) is 0.842. The standard InChI is InChI=1S/C19H28O11/c1-8-15-12(6-14(23-5)25-8)28-18-17(27-11(4)22)16(26-10(3)21)13(7-24-9(2)20)29-19(18)30-15/h8,12-19H,6-7H2,1-5H3/t8-,12-,13+,14-,15-,16+,17-,18+,19-/m0/s1. The Morgan fingerprint density at radius 1 is 0.867 bits per heavy atom. The fourth-order valence-corrected chi connectivity index (χ4v) is 3.96. The third kappa shape index (κ3) is 5.09. The van der Waals surface area contributed by atoms with E-state index in [-0.39, 0.29) is 12.7 Å². The van der Waals surface area contributed by atoms with Gasteiger partial charge in [-0.05, 0) is 6.92 Å². The van der Waals surface area contributed by atoms with Crippen LogP contribution in [0.2, 0.25) is 0 Å². The molecule has 0 saturated carbocycles. The highest BCUT2D eigenvalue weighted by molar-refractivity contribution is 5.67. The molecule has 0 aliphatic carbocycles. The molecule has 0 N–H and O–H groups in total. The molecule has 0 aromatic carbocycles. The Bertz CT molecular complexity index is 652. The SMILES string of the molecule is CO[C@@H]1C[C@@H]2O[C@H]3[C@H](O[C@H]2[C@H](C)O1)O[C@H](COC(C)=O)[C@@H](OC(C)=O)[C@@H]3OC(C)=O. The molecule has 11 heteroatoms. The van der Waals surface area contributed by atoms with Crippen molar-refractivity contribution in [2.45, 2.75) is 89.4 Å². The first-order valence-electron chi connectivity index (χ1n) is 9.82. The lowest BCUT2D eigenvalue weighted by molar-refractivity contribution is -0.395. The van der Waals surface area contributed by atoms with Crippen molar-refractivity contribution in [3.8, 4) is 0 Å². The molecule has 170 valence electrons. The van der Waals surface area contributed by atoms with Gasteiger partial charge in [0.2, 0.25) is 0 Å². The normalized spacial score (nSPS) is 40.5. The molecule has 9 atom stereocenters. The number of methoxy groups -OCH3 is 1. The van der Waals surface area contributed by atoms with Crippen molar-refractivity contribution in [1.29, 1.82) is 0 Å². The molecule has 0 radical (unpaired) electrons. The van der Waals surface area contributed by atoms with Crippen LogP contribution in [0.1, 0.15) is 34.1 Å². The van der Waals surface area contributed by atoms with Crippen LogP contribution in [-0.2, 0) is 52.3 Å². The molecule has 0 bridgehead atoms. The third-order valence-corrected chi connectivity index (χ3v) is 5.15. The molecular weight excluding hydrogens is 404 g/mol. The minimum absolute atomic E-state index is 0.219. The van der Waals surface area contributed by atoms with Crippen LogP contribution in [0.5, 0.6) is 0 Å². The predicted molar refractivity (Wildman–Crippen MR) is 95.9 cm³/mol. The van der Waals surface area contributed by atoms with Crippen LogP contribution in [0, 0.1) is 0 Å². The number of hydrogen-bond acceptors (Lipinski definition) is 11. The van der Waals surface area contributed by atoms with Crippen LogP contribution >= 0.6 is 0 Å². The van der Waals surface area contributed by atoms with E-state index in [9.17, 15) is 14.4 Å². The Labute approximate surface area is 174 Å². The van der Waals surface area contributed by atoms with Crippen LogP contribution in [0.25, 0.3) is 0 Å². The molecule has 0 unspecified atom stereocenters. The molecule has 3 heterocycles. The highest BCUT2D eigenvalue weighted by Crippen LogP contribution is 2.38. The molecular formula is C19H28O11. The summed E-state index contributed by atoms with van der Waals surface area (Å²) in [4.78, 5) is 34.8. The highest BCUT2D eigenvalue weighted by atomic mass is 16.8. The van der Waals surface area contributed by atoms with E-state index in [1.807, 2.05) is 6.92 Å². The largest absolute Gasteiger partial charge is 0.463 e. The van der Waals surface area contributed by atoms with E-state index in [4.69, 9.17) is 37.9 Å². The second-order valence-corrected chi connectivity index (χ2v) is 7.48. The number of carbonyl (C=O) groups excluding carboxylic acids is 3. The first-order chi connectivity index (χ1) is 14.2. The van der Waals surface area contributed by atoms with Crippen molar-refractivity contribution in [3.05, 3.63) is 0 Å². The minimum atomic E-state index is -1.05. The molecule has 0 aromatic heterocycles. The lowest BCUT2D eigenvalue weighted by atomic mass is 9.94. The lowest BCUT2D eigenvalue weighted by Gasteiger charge is -2.52. The molecule has 3 rings (SSSR count). The van der Waals surface area contributed by atoms with Gasteiger partial charge in [0.25, 0.3) is 0 Å². The Balaban J connectivity index is 1.86. The number of fused-ring (bicyclic) bond motifs is 2. The molecule has 0 aromatic rings. The van der Waals surface area contributed by atoms with Crippen LogP contribution in [0.3, 0.4) is 0 Å². The number of ether oxygens (including phenoxy) is 8. The van der Waals surface area contributed by atoms with Gasteiger partial charge in [-0.3, -0.25) is 14.4 Å². The number of carbonyl (C=O) groups is 3. The van der Waals surface area contributed by atoms with Crippen molar-refractivity contribution in [2.75, 3.05) is 13.7 Å². The van der Waals surface area contributed by atoms with Gasteiger partial charge in [0.1, 0.15) is 24.9 Å². The third-order valence-electron chi connectivity index (χ3n) is 5.15. The van der Waals surface area contributed by atoms with E-state index in [2.05, 4.69) is 0 Å². The summed E-state index contributed by atoms with van der Waals surface area (Å²) < 4.78 is 45.2. The van der Waals surface area contributed by atoms with Crippen molar-refractivity contribution >= 4 is 17.9 Å². The molecule has 3 aliphatic rings. The second kappa shape index (κ2) is 9.56. The van der Waals surface area contributed by atoms with Gasteiger partial charge >= 0.3 is 17.9 Å². The van der Waals surface area contributed by atoms with E-state index in [1.165, 1.54) is 27.9 Å². The zero-order valence-corrected chi connectivity index (χ0v) is 17.6. The predicted octanol–water partition coefficient (Wildman–Crippen LogP) is 0.0717. The fourth-order valence-electron chi connectivity index (χ4n) is 3.96. The van der Waals surface area contributed by atoms with Crippen molar-refractivity contribution in [2.24, 2.45) is 0 Å². The summed E-state index contributed by atoms with van der Waals surface area (Å²) in [6.07, 6.45) is -6.09. The maximum Gasteiger partial charge on any atom is 0.303 e. The summed E-state index contributed by atoms with van der Waals surface area (Å²) >= 11 is 0. The van der Waals surface area contributed by atoms with Gasteiger partial charge in [-0.2, -0.15) is 0 Å². The Morgan fingerprint density at radius 2 is 1.53 bits per heavy atom. The molecule has 0 spiro atoms. The number of hydrogen-bond donors (Lipinski definition) is 0. The number of esters is 3. The van der Waals surface area contributed by atoms with Gasteiger partial charge in [-0.25, -0.2) is 0 Å². The zero-order valence-electron chi connectivity index (χ0n) is 17.6. The van der Waals surface area contributed by atoms with E-state index in [1.54, 1.807) is 0 Å². The quantitative estimate of drug-likeness (QED) is 0.433. The molecule has 30 heavy (non-hydrogen) atoms. The lowest BCUT2D eigenvalue weighted by Crippen LogP contribution is -2.68.